The van der Waals surface area contributed by atoms with E-state index in [1.54, 1.807) is 0 Å². The van der Waals surface area contributed by atoms with Crippen molar-refractivity contribution in [3.05, 3.63) is 60.2 Å². The van der Waals surface area contributed by atoms with Crippen molar-refractivity contribution < 1.29 is 37.6 Å². The van der Waals surface area contributed by atoms with E-state index >= 15 is 0 Å². The molecule has 2 N–H and O–H groups in total. The van der Waals surface area contributed by atoms with Crippen LogP contribution >= 0.6 is 7.82 Å². The number of ether oxygens (including phenoxy) is 2. The Balaban J connectivity index is 0.954. The molecule has 0 bridgehead atoms. The van der Waals surface area contributed by atoms with Gasteiger partial charge in [0.15, 0.2) is 0 Å². The molecule has 0 radical (unpaired) electrons. The lowest BCUT2D eigenvalue weighted by Gasteiger charge is -2.24. The second-order valence-corrected chi connectivity index (χ2v) is 15.2. The molecule has 0 heterocycles. The van der Waals surface area contributed by atoms with E-state index in [0.717, 1.165) is 58.2 Å². The van der Waals surface area contributed by atoms with Gasteiger partial charge in [0.1, 0.15) is 19.3 Å². The summed E-state index contributed by atoms with van der Waals surface area (Å²) in [6.07, 6.45) is 11.6. The standard InChI is InChI=1S/C38H56NO7P/c1-39(2,3)24-28-45-47(41,42)46-35(29-40)30-44-27-12-9-7-5-4-6-8-11-25-43-26-13-10-15-31-18-19-34-21-20-32-16-14-17-33-22-23-36(31)38(34)37(32)33/h14,16-23,35,40H,4-13,15,24-30H2,1-3H3/p+1. The van der Waals surface area contributed by atoms with Gasteiger partial charge in [-0.15, -0.1) is 0 Å². The molecular weight excluding hydrogens is 613 g/mol. The Morgan fingerprint density at radius 1 is 0.681 bits per heavy atom. The molecule has 0 aliphatic rings. The Labute approximate surface area is 281 Å². The lowest BCUT2D eigenvalue weighted by molar-refractivity contribution is -0.870. The highest BCUT2D eigenvalue weighted by Crippen LogP contribution is 2.44. The van der Waals surface area contributed by atoms with E-state index in [4.69, 9.17) is 18.5 Å². The van der Waals surface area contributed by atoms with Crippen LogP contribution < -0.4 is 0 Å². The maximum Gasteiger partial charge on any atom is 0.472 e. The Morgan fingerprint density at radius 3 is 1.87 bits per heavy atom. The lowest BCUT2D eigenvalue weighted by Crippen LogP contribution is -2.37. The third kappa shape index (κ3) is 12.7. The van der Waals surface area contributed by atoms with Gasteiger partial charge < -0.3 is 24.0 Å². The van der Waals surface area contributed by atoms with E-state index in [2.05, 4.69) is 54.6 Å². The van der Waals surface area contributed by atoms with Crippen LogP contribution in [0.25, 0.3) is 32.3 Å². The monoisotopic (exact) mass is 670 g/mol. The van der Waals surface area contributed by atoms with Gasteiger partial charge in [0.25, 0.3) is 0 Å². The van der Waals surface area contributed by atoms with Crippen LogP contribution in [0.4, 0.5) is 0 Å². The van der Waals surface area contributed by atoms with E-state index in [1.165, 1.54) is 63.6 Å². The number of aliphatic hydroxyl groups excluding tert-OH is 1. The summed E-state index contributed by atoms with van der Waals surface area (Å²) in [7, 11) is 1.67. The van der Waals surface area contributed by atoms with Crippen molar-refractivity contribution >= 4 is 40.1 Å². The molecule has 0 saturated carbocycles. The van der Waals surface area contributed by atoms with Gasteiger partial charge in [0, 0.05) is 19.8 Å². The van der Waals surface area contributed by atoms with Gasteiger partial charge in [-0.1, -0.05) is 93.1 Å². The Hall–Kier alpha value is -2.13. The van der Waals surface area contributed by atoms with Crippen LogP contribution in [0.2, 0.25) is 0 Å². The van der Waals surface area contributed by atoms with E-state index in [1.807, 2.05) is 21.1 Å². The molecule has 0 aliphatic heterocycles. The Bertz CT molecular complexity index is 1510. The van der Waals surface area contributed by atoms with Gasteiger partial charge in [-0.3, -0.25) is 9.05 Å². The summed E-state index contributed by atoms with van der Waals surface area (Å²) >= 11 is 0. The minimum Gasteiger partial charge on any atom is -0.394 e. The van der Waals surface area contributed by atoms with Crippen molar-refractivity contribution in [1.82, 2.24) is 0 Å². The fraction of sp³-hybridized carbons (Fsp3) is 0.579. The molecule has 8 nitrogen and oxygen atoms in total. The van der Waals surface area contributed by atoms with E-state index < -0.39 is 20.5 Å². The quantitative estimate of drug-likeness (QED) is 0.0317. The predicted molar refractivity (Wildman–Crippen MR) is 192 cm³/mol. The predicted octanol–water partition coefficient (Wildman–Crippen LogP) is 8.26. The SMILES string of the molecule is C[N+](C)(C)CCOP(=O)(O)OC(CO)COCCCCCCCCCCOCCCCc1ccc2ccc3cccc4ccc1c2c34. The van der Waals surface area contributed by atoms with Gasteiger partial charge in [-0.05, 0) is 70.0 Å². The molecule has 0 spiro atoms. The summed E-state index contributed by atoms with van der Waals surface area (Å²) in [6, 6.07) is 20.2. The van der Waals surface area contributed by atoms with Crippen LogP contribution in [0.15, 0.2) is 54.6 Å². The van der Waals surface area contributed by atoms with Gasteiger partial charge in [0.05, 0.1) is 34.4 Å². The first-order chi connectivity index (χ1) is 22.7. The van der Waals surface area contributed by atoms with E-state index in [0.29, 0.717) is 17.6 Å². The Kier molecular flexibility index (Phi) is 15.4. The maximum absolute atomic E-state index is 12.1. The van der Waals surface area contributed by atoms with Gasteiger partial charge in [-0.2, -0.15) is 0 Å². The minimum atomic E-state index is -4.23. The second kappa shape index (κ2) is 19.2. The van der Waals surface area contributed by atoms with Crippen LogP contribution in [-0.4, -0.2) is 87.9 Å². The van der Waals surface area contributed by atoms with Crippen molar-refractivity contribution in [1.29, 1.82) is 0 Å². The highest BCUT2D eigenvalue weighted by Gasteiger charge is 2.27. The third-order valence-corrected chi connectivity index (χ3v) is 9.81. The number of hydrogen-bond acceptors (Lipinski definition) is 6. The number of unbranched alkanes of at least 4 members (excludes halogenated alkanes) is 8. The third-order valence-electron chi connectivity index (χ3n) is 8.74. The fourth-order valence-corrected chi connectivity index (χ4v) is 6.96. The van der Waals surface area contributed by atoms with Crippen LogP contribution in [0, 0.1) is 0 Å². The van der Waals surface area contributed by atoms with Crippen LogP contribution in [0.3, 0.4) is 0 Å². The second-order valence-electron chi connectivity index (χ2n) is 13.8. The molecule has 0 saturated heterocycles. The largest absolute Gasteiger partial charge is 0.472 e. The average Bonchev–Trinajstić information content (AvgIpc) is 3.04. The number of likely N-dealkylation sites (N-methyl/N-ethyl adjacent to an activating group) is 1. The van der Waals surface area contributed by atoms with Gasteiger partial charge in [0.2, 0.25) is 0 Å². The number of aliphatic hydroxyl groups is 1. The number of phosphoric ester groups is 1. The molecule has 260 valence electrons. The molecule has 2 unspecified atom stereocenters. The van der Waals surface area contributed by atoms with Crippen LogP contribution in [0.1, 0.15) is 69.8 Å². The van der Waals surface area contributed by atoms with Crippen LogP contribution in [0.5, 0.6) is 0 Å². The van der Waals surface area contributed by atoms with Crippen molar-refractivity contribution in [2.75, 3.05) is 67.3 Å². The molecule has 0 fully saturated rings. The smallest absolute Gasteiger partial charge is 0.394 e. The molecule has 4 aromatic rings. The molecule has 2 atom stereocenters. The zero-order valence-corrected chi connectivity index (χ0v) is 29.7. The minimum absolute atomic E-state index is 0.0587. The van der Waals surface area contributed by atoms with Gasteiger partial charge >= 0.3 is 7.82 Å². The van der Waals surface area contributed by atoms with Crippen molar-refractivity contribution in [3.8, 4) is 0 Å². The molecule has 0 aliphatic carbocycles. The number of hydrogen-bond donors (Lipinski definition) is 2. The van der Waals surface area contributed by atoms with E-state index in [9.17, 15) is 14.6 Å². The highest BCUT2D eigenvalue weighted by molar-refractivity contribution is 7.47. The summed E-state index contributed by atoms with van der Waals surface area (Å²) < 4.78 is 34.3. The van der Waals surface area contributed by atoms with Crippen molar-refractivity contribution in [2.24, 2.45) is 0 Å². The maximum atomic E-state index is 12.1. The van der Waals surface area contributed by atoms with Crippen LogP contribution in [-0.2, 0) is 29.5 Å². The fourth-order valence-electron chi connectivity index (χ4n) is 6.08. The molecule has 4 aromatic carbocycles. The zero-order chi connectivity index (χ0) is 33.5. The summed E-state index contributed by atoms with van der Waals surface area (Å²) in [6.45, 7) is 2.53. The lowest BCUT2D eigenvalue weighted by atomic mass is 9.91. The number of phosphoric acid groups is 1. The normalized spacial score (nSPS) is 14.4. The summed E-state index contributed by atoms with van der Waals surface area (Å²) in [5.41, 5.74) is 1.44. The first-order valence-electron chi connectivity index (χ1n) is 17.5. The first kappa shape index (κ1) is 37.7. The average molecular weight is 671 g/mol. The molecule has 0 amide bonds. The number of quaternary nitrogens is 1. The van der Waals surface area contributed by atoms with Crippen molar-refractivity contribution in [2.45, 2.75) is 76.7 Å². The first-order valence-corrected chi connectivity index (χ1v) is 19.0. The Morgan fingerprint density at radius 2 is 1.23 bits per heavy atom. The number of rotatable bonds is 25. The highest BCUT2D eigenvalue weighted by atomic mass is 31.2. The number of benzene rings is 4. The summed E-state index contributed by atoms with van der Waals surface area (Å²) in [5.74, 6) is 0. The molecular formula is C38H57NO7P+. The summed E-state index contributed by atoms with van der Waals surface area (Å²) in [5, 5.41) is 17.6. The topological polar surface area (TPSA) is 94.5 Å². The molecule has 47 heavy (non-hydrogen) atoms. The summed E-state index contributed by atoms with van der Waals surface area (Å²) in [4.78, 5) is 9.88. The number of nitrogens with zero attached hydrogens (tertiary/aromatic N) is 1. The zero-order valence-electron chi connectivity index (χ0n) is 28.8. The molecule has 0 aromatic heterocycles. The number of aryl methyl sites for hydroxylation is 1. The molecule has 4 rings (SSSR count). The van der Waals surface area contributed by atoms with Crippen molar-refractivity contribution in [3.63, 3.8) is 0 Å². The van der Waals surface area contributed by atoms with E-state index in [-0.39, 0.29) is 13.2 Å². The molecule has 9 heteroatoms. The van der Waals surface area contributed by atoms with Gasteiger partial charge in [-0.25, -0.2) is 4.57 Å².